The van der Waals surface area contributed by atoms with Crippen molar-refractivity contribution in [1.29, 1.82) is 0 Å². The van der Waals surface area contributed by atoms with E-state index in [0.29, 0.717) is 29.6 Å². The Morgan fingerprint density at radius 3 is 2.69 bits per heavy atom. The first-order valence-electron chi connectivity index (χ1n) is 9.19. The molecule has 0 aliphatic carbocycles. The molecule has 2 aromatic carbocycles. The average molecular weight is 427 g/mol. The first-order chi connectivity index (χ1) is 14.1. The summed E-state index contributed by atoms with van der Waals surface area (Å²) in [6, 6.07) is 18.8. The van der Waals surface area contributed by atoms with Gasteiger partial charge in [0.25, 0.3) is 0 Å². The van der Waals surface area contributed by atoms with Gasteiger partial charge in [-0.1, -0.05) is 41.9 Å². The third kappa shape index (κ3) is 4.83. The molecule has 5 nitrogen and oxygen atoms in total. The molecular formula is C22H19ClN2O3S. The number of nitrogens with one attached hydrogen (secondary N) is 1. The number of fused-ring (bicyclic) bond motifs is 1. The zero-order valence-electron chi connectivity index (χ0n) is 15.5. The van der Waals surface area contributed by atoms with Crippen LogP contribution in [0.3, 0.4) is 0 Å². The van der Waals surface area contributed by atoms with Crippen LogP contribution in [0, 0.1) is 0 Å². The molecule has 1 aliphatic heterocycles. The molecule has 4 rings (SSSR count). The van der Waals surface area contributed by atoms with E-state index in [1.165, 1.54) is 11.8 Å². The highest BCUT2D eigenvalue weighted by atomic mass is 35.5. The second-order valence-electron chi connectivity index (χ2n) is 6.76. The lowest BCUT2D eigenvalue weighted by atomic mass is 10.1. The van der Waals surface area contributed by atoms with Crippen molar-refractivity contribution in [3.05, 3.63) is 83.3 Å². The first-order valence-corrected chi connectivity index (χ1v) is 10.5. The number of carbonyl (C=O) groups is 2. The topological polar surface area (TPSA) is 62.6 Å². The molecule has 1 aromatic heterocycles. The summed E-state index contributed by atoms with van der Waals surface area (Å²) in [6.45, 7) is 0.803. The Bertz CT molecular complexity index is 1010. The van der Waals surface area contributed by atoms with Crippen molar-refractivity contribution in [2.45, 2.75) is 29.7 Å². The predicted octanol–water partition coefficient (Wildman–Crippen LogP) is 4.96. The Morgan fingerprint density at radius 2 is 1.93 bits per heavy atom. The Labute approximate surface area is 178 Å². The van der Waals surface area contributed by atoms with Crippen molar-refractivity contribution in [2.24, 2.45) is 0 Å². The summed E-state index contributed by atoms with van der Waals surface area (Å²) >= 11 is 7.39. The van der Waals surface area contributed by atoms with Crippen molar-refractivity contribution in [1.82, 2.24) is 4.90 Å². The summed E-state index contributed by atoms with van der Waals surface area (Å²) in [4.78, 5) is 28.3. The van der Waals surface area contributed by atoms with Crippen LogP contribution in [-0.2, 0) is 22.7 Å². The van der Waals surface area contributed by atoms with Crippen LogP contribution in [0.1, 0.15) is 17.7 Å². The van der Waals surface area contributed by atoms with Crippen LogP contribution in [0.25, 0.3) is 0 Å². The fraction of sp³-hybridized carbons (Fsp3) is 0.182. The van der Waals surface area contributed by atoms with E-state index in [1.807, 2.05) is 42.5 Å². The van der Waals surface area contributed by atoms with Gasteiger partial charge in [0.05, 0.1) is 23.7 Å². The fourth-order valence-corrected chi connectivity index (χ4v) is 4.43. The molecule has 0 fully saturated rings. The van der Waals surface area contributed by atoms with Gasteiger partial charge in [0.15, 0.2) is 0 Å². The zero-order chi connectivity index (χ0) is 20.2. The van der Waals surface area contributed by atoms with Gasteiger partial charge in [-0.25, -0.2) is 0 Å². The highest BCUT2D eigenvalue weighted by Crippen LogP contribution is 2.38. The summed E-state index contributed by atoms with van der Waals surface area (Å²) in [5.74, 6) is 0.418. The molecule has 0 spiro atoms. The van der Waals surface area contributed by atoms with E-state index in [1.54, 1.807) is 29.4 Å². The van der Waals surface area contributed by atoms with Crippen LogP contribution in [0.15, 0.2) is 76.2 Å². The molecule has 1 atom stereocenters. The maximum Gasteiger partial charge on any atom is 0.238 e. The van der Waals surface area contributed by atoms with Gasteiger partial charge in [0, 0.05) is 22.9 Å². The summed E-state index contributed by atoms with van der Waals surface area (Å²) in [6.07, 6.45) is 1.69. The van der Waals surface area contributed by atoms with E-state index >= 15 is 0 Å². The molecule has 2 amide bonds. The van der Waals surface area contributed by atoms with E-state index in [0.717, 1.165) is 10.5 Å². The third-order valence-corrected chi connectivity index (χ3v) is 6.13. The number of thioether (sulfide) groups is 1. The standard InChI is InChI=1S/C22H19ClN2O3S/c23-16-8-9-19-18(11-16)24-22(27)20(29-19)12-21(26)25(14-17-7-4-10-28-17)13-15-5-2-1-3-6-15/h1-11,20H,12-14H2,(H,24,27). The van der Waals surface area contributed by atoms with Crippen molar-refractivity contribution in [3.63, 3.8) is 0 Å². The molecule has 1 N–H and O–H groups in total. The Kier molecular flexibility index (Phi) is 5.92. The van der Waals surface area contributed by atoms with Crippen molar-refractivity contribution in [2.75, 3.05) is 5.32 Å². The summed E-state index contributed by atoms with van der Waals surface area (Å²) in [7, 11) is 0. The Morgan fingerprint density at radius 1 is 1.10 bits per heavy atom. The molecule has 3 aromatic rings. The number of carbonyl (C=O) groups excluding carboxylic acids is 2. The number of hydrogen-bond donors (Lipinski definition) is 1. The van der Waals surface area contributed by atoms with Crippen LogP contribution in [-0.4, -0.2) is 22.0 Å². The van der Waals surface area contributed by atoms with Gasteiger partial charge in [-0.2, -0.15) is 0 Å². The normalized spacial score (nSPS) is 15.5. The van der Waals surface area contributed by atoms with Gasteiger partial charge in [-0.05, 0) is 35.9 Å². The molecule has 7 heteroatoms. The number of anilines is 1. The van der Waals surface area contributed by atoms with Crippen LogP contribution < -0.4 is 5.32 Å². The van der Waals surface area contributed by atoms with Gasteiger partial charge in [-0.3, -0.25) is 9.59 Å². The molecule has 148 valence electrons. The lowest BCUT2D eigenvalue weighted by molar-refractivity contribution is -0.134. The van der Waals surface area contributed by atoms with Crippen molar-refractivity contribution >= 4 is 40.9 Å². The van der Waals surface area contributed by atoms with E-state index in [-0.39, 0.29) is 18.2 Å². The lowest BCUT2D eigenvalue weighted by Gasteiger charge is -2.27. The summed E-state index contributed by atoms with van der Waals surface area (Å²) in [5.41, 5.74) is 1.71. The number of furan rings is 1. The van der Waals surface area contributed by atoms with Crippen LogP contribution in [0.4, 0.5) is 5.69 Å². The largest absolute Gasteiger partial charge is 0.467 e. The lowest BCUT2D eigenvalue weighted by Crippen LogP contribution is -2.37. The molecule has 2 heterocycles. The molecule has 0 bridgehead atoms. The number of halogens is 1. The minimum atomic E-state index is -0.494. The average Bonchev–Trinajstić information content (AvgIpc) is 3.22. The number of nitrogens with zero attached hydrogens (tertiary/aromatic N) is 1. The van der Waals surface area contributed by atoms with Crippen molar-refractivity contribution < 1.29 is 14.0 Å². The zero-order valence-corrected chi connectivity index (χ0v) is 17.1. The van der Waals surface area contributed by atoms with E-state index in [9.17, 15) is 9.59 Å². The Balaban J connectivity index is 1.49. The third-order valence-electron chi connectivity index (χ3n) is 4.62. The van der Waals surface area contributed by atoms with Crippen LogP contribution >= 0.6 is 23.4 Å². The maximum atomic E-state index is 13.1. The minimum Gasteiger partial charge on any atom is -0.467 e. The first kappa shape index (κ1) is 19.6. The SMILES string of the molecule is O=C1Nc2cc(Cl)ccc2SC1CC(=O)N(Cc1ccccc1)Cc1ccco1. The highest BCUT2D eigenvalue weighted by molar-refractivity contribution is 8.01. The van der Waals surface area contributed by atoms with Gasteiger partial charge in [-0.15, -0.1) is 11.8 Å². The molecule has 1 unspecified atom stereocenters. The number of benzene rings is 2. The van der Waals surface area contributed by atoms with Gasteiger partial charge in [0.2, 0.25) is 11.8 Å². The predicted molar refractivity (Wildman–Crippen MR) is 114 cm³/mol. The second-order valence-corrected chi connectivity index (χ2v) is 8.44. The minimum absolute atomic E-state index is 0.102. The number of rotatable bonds is 6. The number of amides is 2. The molecule has 29 heavy (non-hydrogen) atoms. The summed E-state index contributed by atoms with van der Waals surface area (Å²) < 4.78 is 5.43. The number of hydrogen-bond acceptors (Lipinski definition) is 4. The molecule has 1 aliphatic rings. The van der Waals surface area contributed by atoms with Crippen LogP contribution in [0.2, 0.25) is 5.02 Å². The van der Waals surface area contributed by atoms with Crippen LogP contribution in [0.5, 0.6) is 0 Å². The second kappa shape index (κ2) is 8.76. The molecule has 0 radical (unpaired) electrons. The quantitative estimate of drug-likeness (QED) is 0.604. The van der Waals surface area contributed by atoms with Crippen molar-refractivity contribution in [3.8, 4) is 0 Å². The summed E-state index contributed by atoms with van der Waals surface area (Å²) in [5, 5.41) is 2.92. The van der Waals surface area contributed by atoms with Gasteiger partial charge >= 0.3 is 0 Å². The molecular weight excluding hydrogens is 408 g/mol. The van der Waals surface area contributed by atoms with Gasteiger partial charge < -0.3 is 14.6 Å². The molecule has 0 saturated carbocycles. The Hall–Kier alpha value is -2.70. The van der Waals surface area contributed by atoms with E-state index in [4.69, 9.17) is 16.0 Å². The van der Waals surface area contributed by atoms with Gasteiger partial charge in [0.1, 0.15) is 5.76 Å². The monoisotopic (exact) mass is 426 g/mol. The fourth-order valence-electron chi connectivity index (χ4n) is 3.17. The van der Waals surface area contributed by atoms with E-state index < -0.39 is 5.25 Å². The highest BCUT2D eigenvalue weighted by Gasteiger charge is 2.31. The molecule has 0 saturated heterocycles. The van der Waals surface area contributed by atoms with E-state index in [2.05, 4.69) is 5.32 Å². The maximum absolute atomic E-state index is 13.1. The smallest absolute Gasteiger partial charge is 0.238 e.